The summed E-state index contributed by atoms with van der Waals surface area (Å²) >= 11 is 0. The second-order valence-electron chi connectivity index (χ2n) is 6.95. The molecule has 0 saturated heterocycles. The number of imidazole rings is 1. The normalized spacial score (nSPS) is 10.7. The molecule has 0 spiro atoms. The van der Waals surface area contributed by atoms with Crippen molar-refractivity contribution in [3.05, 3.63) is 84.4 Å². The number of anilines is 2. The third-order valence-corrected chi connectivity index (χ3v) is 4.91. The summed E-state index contributed by atoms with van der Waals surface area (Å²) in [6.07, 6.45) is 4.95. The number of nitrogens with two attached hydrogens (primary N) is 1. The van der Waals surface area contributed by atoms with E-state index in [9.17, 15) is 0 Å². The van der Waals surface area contributed by atoms with Gasteiger partial charge in [-0.2, -0.15) is 5.26 Å². The van der Waals surface area contributed by atoms with E-state index in [1.54, 1.807) is 24.7 Å². The molecule has 4 aromatic heterocycles. The van der Waals surface area contributed by atoms with Gasteiger partial charge in [0, 0.05) is 30.8 Å². The molecule has 5 rings (SSSR count). The Bertz CT molecular complexity index is 1450. The Morgan fingerprint density at radius 2 is 1.72 bits per heavy atom. The third-order valence-electron chi connectivity index (χ3n) is 4.91. The lowest BCUT2D eigenvalue weighted by Crippen LogP contribution is -2.05. The number of rotatable bonds is 5. The highest BCUT2D eigenvalue weighted by Gasteiger charge is 2.17. The van der Waals surface area contributed by atoms with Gasteiger partial charge in [-0.15, -0.1) is 0 Å². The van der Waals surface area contributed by atoms with E-state index < -0.39 is 0 Å². The molecule has 154 valence electrons. The standard InChI is InChI=1S/C23H17N9/c24-13-16-9-12-28-23(30-16)29-14-15-5-7-17(8-6-15)32-21(18-3-1-10-26-20(18)25)31-19-4-2-11-27-22(19)32/h1-12H,14H2,(H2,25,26)(H,28,29,30). The van der Waals surface area contributed by atoms with Crippen LogP contribution in [0.3, 0.4) is 0 Å². The summed E-state index contributed by atoms with van der Waals surface area (Å²) in [4.78, 5) is 21.8. The maximum absolute atomic E-state index is 8.97. The van der Waals surface area contributed by atoms with Crippen LogP contribution in [0.2, 0.25) is 0 Å². The van der Waals surface area contributed by atoms with Gasteiger partial charge in [0.05, 0.1) is 5.56 Å². The predicted molar refractivity (Wildman–Crippen MR) is 121 cm³/mol. The lowest BCUT2D eigenvalue weighted by atomic mass is 10.2. The minimum Gasteiger partial charge on any atom is -0.383 e. The molecule has 5 aromatic rings. The molecular weight excluding hydrogens is 402 g/mol. The highest BCUT2D eigenvalue weighted by molar-refractivity contribution is 5.82. The smallest absolute Gasteiger partial charge is 0.224 e. The molecule has 0 aliphatic carbocycles. The number of hydrogen-bond acceptors (Lipinski definition) is 8. The van der Waals surface area contributed by atoms with E-state index in [-0.39, 0.29) is 0 Å². The second-order valence-corrected chi connectivity index (χ2v) is 6.95. The minimum atomic E-state index is 0.319. The fourth-order valence-electron chi connectivity index (χ4n) is 3.39. The summed E-state index contributed by atoms with van der Waals surface area (Å²) in [7, 11) is 0. The summed E-state index contributed by atoms with van der Waals surface area (Å²) in [5.41, 5.74) is 10.6. The van der Waals surface area contributed by atoms with Gasteiger partial charge in [-0.1, -0.05) is 12.1 Å². The fraction of sp³-hybridized carbons (Fsp3) is 0.0435. The van der Waals surface area contributed by atoms with Crippen LogP contribution in [0.15, 0.2) is 73.2 Å². The Kier molecular flexibility index (Phi) is 4.86. The molecule has 4 heterocycles. The molecule has 0 unspecified atom stereocenters. The first-order chi connectivity index (χ1) is 15.7. The van der Waals surface area contributed by atoms with Crippen LogP contribution in [0.25, 0.3) is 28.2 Å². The molecule has 0 aliphatic rings. The van der Waals surface area contributed by atoms with Crippen LogP contribution in [0.5, 0.6) is 0 Å². The number of nitrogen functional groups attached to an aromatic ring is 1. The summed E-state index contributed by atoms with van der Waals surface area (Å²) in [6, 6.07) is 19.1. The molecule has 0 radical (unpaired) electrons. The van der Waals surface area contributed by atoms with E-state index in [0.717, 1.165) is 28.0 Å². The average Bonchev–Trinajstić information content (AvgIpc) is 3.23. The molecule has 0 bridgehead atoms. The van der Waals surface area contributed by atoms with Crippen LogP contribution < -0.4 is 11.1 Å². The van der Waals surface area contributed by atoms with Crippen LogP contribution in [0, 0.1) is 11.3 Å². The van der Waals surface area contributed by atoms with Gasteiger partial charge >= 0.3 is 0 Å². The van der Waals surface area contributed by atoms with Crippen molar-refractivity contribution >= 4 is 22.9 Å². The van der Waals surface area contributed by atoms with Crippen LogP contribution in [0.4, 0.5) is 11.8 Å². The highest BCUT2D eigenvalue weighted by Crippen LogP contribution is 2.30. The number of nitrogens with zero attached hydrogens (tertiary/aromatic N) is 7. The Hall–Kier alpha value is -4.84. The van der Waals surface area contributed by atoms with Gasteiger partial charge in [0.2, 0.25) is 5.95 Å². The SMILES string of the molecule is N#Cc1ccnc(NCc2ccc(-n3c(-c4cccnc4N)nc4cccnc43)cc2)n1. The predicted octanol–water partition coefficient (Wildman–Crippen LogP) is 3.34. The van der Waals surface area contributed by atoms with Crippen LogP contribution in [-0.2, 0) is 6.54 Å². The van der Waals surface area contributed by atoms with Gasteiger partial charge < -0.3 is 11.1 Å². The molecule has 9 heteroatoms. The zero-order valence-electron chi connectivity index (χ0n) is 16.8. The first-order valence-electron chi connectivity index (χ1n) is 9.83. The van der Waals surface area contributed by atoms with Crippen LogP contribution >= 0.6 is 0 Å². The summed E-state index contributed by atoms with van der Waals surface area (Å²) < 4.78 is 1.97. The molecule has 32 heavy (non-hydrogen) atoms. The molecule has 0 aliphatic heterocycles. The molecule has 1 aromatic carbocycles. The minimum absolute atomic E-state index is 0.319. The maximum Gasteiger partial charge on any atom is 0.224 e. The Morgan fingerprint density at radius 1 is 0.906 bits per heavy atom. The lowest BCUT2D eigenvalue weighted by Gasteiger charge is -2.11. The second kappa shape index (κ2) is 8.12. The van der Waals surface area contributed by atoms with E-state index in [4.69, 9.17) is 16.0 Å². The van der Waals surface area contributed by atoms with Crippen LogP contribution in [-0.4, -0.2) is 29.5 Å². The summed E-state index contributed by atoms with van der Waals surface area (Å²) in [5.74, 6) is 1.49. The number of nitrogens with one attached hydrogen (secondary N) is 1. The summed E-state index contributed by atoms with van der Waals surface area (Å²) in [6.45, 7) is 0.514. The molecule has 0 amide bonds. The van der Waals surface area contributed by atoms with Crippen molar-refractivity contribution in [2.75, 3.05) is 11.1 Å². The van der Waals surface area contributed by atoms with E-state index in [1.807, 2.05) is 59.2 Å². The van der Waals surface area contributed by atoms with Gasteiger partial charge in [0.25, 0.3) is 0 Å². The van der Waals surface area contributed by atoms with Gasteiger partial charge in [0.15, 0.2) is 11.5 Å². The first-order valence-corrected chi connectivity index (χ1v) is 9.83. The highest BCUT2D eigenvalue weighted by atomic mass is 15.1. The van der Waals surface area contributed by atoms with Gasteiger partial charge in [-0.05, 0) is 48.0 Å². The monoisotopic (exact) mass is 419 g/mol. The van der Waals surface area contributed by atoms with E-state index in [1.165, 1.54) is 0 Å². The zero-order chi connectivity index (χ0) is 21.9. The van der Waals surface area contributed by atoms with Crippen LogP contribution in [0.1, 0.15) is 11.3 Å². The van der Waals surface area contributed by atoms with Gasteiger partial charge in [0.1, 0.15) is 23.1 Å². The lowest BCUT2D eigenvalue weighted by molar-refractivity contribution is 1.03. The fourth-order valence-corrected chi connectivity index (χ4v) is 3.39. The van der Waals surface area contributed by atoms with Crippen molar-refractivity contribution in [2.24, 2.45) is 0 Å². The van der Waals surface area contributed by atoms with Crippen molar-refractivity contribution in [3.63, 3.8) is 0 Å². The summed E-state index contributed by atoms with van der Waals surface area (Å²) in [5, 5.41) is 12.1. The molecule has 0 atom stereocenters. The zero-order valence-corrected chi connectivity index (χ0v) is 16.8. The number of benzene rings is 1. The Balaban J connectivity index is 1.49. The van der Waals surface area contributed by atoms with E-state index >= 15 is 0 Å². The number of pyridine rings is 2. The third kappa shape index (κ3) is 3.57. The van der Waals surface area contributed by atoms with Crippen molar-refractivity contribution in [1.29, 1.82) is 5.26 Å². The van der Waals surface area contributed by atoms with Crippen molar-refractivity contribution in [1.82, 2.24) is 29.5 Å². The molecule has 9 nitrogen and oxygen atoms in total. The van der Waals surface area contributed by atoms with E-state index in [2.05, 4.69) is 25.3 Å². The van der Waals surface area contributed by atoms with Crippen molar-refractivity contribution < 1.29 is 0 Å². The quantitative estimate of drug-likeness (QED) is 0.443. The average molecular weight is 419 g/mol. The van der Waals surface area contributed by atoms with Crippen molar-refractivity contribution in [3.8, 4) is 23.1 Å². The molecular formula is C23H17N9. The molecule has 0 fully saturated rings. The number of fused-ring (bicyclic) bond motifs is 1. The molecule has 0 saturated carbocycles. The number of nitriles is 1. The van der Waals surface area contributed by atoms with E-state index in [0.29, 0.717) is 29.8 Å². The number of hydrogen-bond donors (Lipinski definition) is 2. The molecule has 3 N–H and O–H groups in total. The Labute approximate surface area is 183 Å². The van der Waals surface area contributed by atoms with Crippen molar-refractivity contribution in [2.45, 2.75) is 6.54 Å². The topological polar surface area (TPSA) is 131 Å². The van der Waals surface area contributed by atoms with Gasteiger partial charge in [-0.25, -0.2) is 24.9 Å². The Morgan fingerprint density at radius 3 is 2.53 bits per heavy atom. The largest absolute Gasteiger partial charge is 0.383 e. The maximum atomic E-state index is 8.97. The van der Waals surface area contributed by atoms with Gasteiger partial charge in [-0.3, -0.25) is 4.57 Å². The number of aromatic nitrogens is 6. The first kappa shape index (κ1) is 19.1.